The molecule has 0 spiro atoms. The first kappa shape index (κ1) is 15.3. The molecule has 1 N–H and O–H groups in total. The lowest BCUT2D eigenvalue weighted by molar-refractivity contribution is 0.573. The van der Waals surface area contributed by atoms with E-state index in [1.54, 1.807) is 16.7 Å². The van der Waals surface area contributed by atoms with Crippen molar-refractivity contribution in [3.8, 4) is 0 Å². The van der Waals surface area contributed by atoms with Crippen molar-refractivity contribution in [1.82, 2.24) is 9.88 Å². The molecule has 21 heavy (non-hydrogen) atoms. The molecule has 0 aliphatic rings. The van der Waals surface area contributed by atoms with Crippen LogP contribution < -0.4 is 15.8 Å². The van der Waals surface area contributed by atoms with E-state index in [0.29, 0.717) is 6.54 Å². The number of pyridine rings is 1. The van der Waals surface area contributed by atoms with Crippen LogP contribution in [0.4, 0.5) is 5.69 Å². The van der Waals surface area contributed by atoms with Gasteiger partial charge >= 0.3 is 0 Å². The fourth-order valence-corrected chi connectivity index (χ4v) is 2.22. The summed E-state index contributed by atoms with van der Waals surface area (Å²) >= 11 is 0. The number of hydrogen-bond donors (Lipinski definition) is 1. The molecule has 0 saturated heterocycles. The third-order valence-corrected chi connectivity index (χ3v) is 3.47. The van der Waals surface area contributed by atoms with Gasteiger partial charge in [-0.1, -0.05) is 24.3 Å². The van der Waals surface area contributed by atoms with Gasteiger partial charge in [0.15, 0.2) is 0 Å². The van der Waals surface area contributed by atoms with Gasteiger partial charge in [-0.3, -0.25) is 4.79 Å². The van der Waals surface area contributed by atoms with Gasteiger partial charge in [-0.05, 0) is 31.2 Å². The molecule has 0 saturated carbocycles. The standard InChI is InChI=1S/C17H23N3O/c1-19(16-8-3-2-4-9-16)13-7-11-18-12-15-20-14-6-5-10-17(20)21/h2-6,8-10,14,18H,7,11-13,15H2,1H3. The van der Waals surface area contributed by atoms with Gasteiger partial charge < -0.3 is 14.8 Å². The summed E-state index contributed by atoms with van der Waals surface area (Å²) in [4.78, 5) is 13.8. The molecule has 112 valence electrons. The summed E-state index contributed by atoms with van der Waals surface area (Å²) in [5.74, 6) is 0. The van der Waals surface area contributed by atoms with Crippen LogP contribution in [0.2, 0.25) is 0 Å². The Labute approximate surface area is 126 Å². The zero-order valence-corrected chi connectivity index (χ0v) is 12.5. The van der Waals surface area contributed by atoms with Gasteiger partial charge in [0.25, 0.3) is 5.56 Å². The Bertz CT molecular complexity index is 580. The van der Waals surface area contributed by atoms with E-state index in [9.17, 15) is 4.79 Å². The van der Waals surface area contributed by atoms with E-state index < -0.39 is 0 Å². The maximum absolute atomic E-state index is 11.5. The molecule has 4 nitrogen and oxygen atoms in total. The van der Waals surface area contributed by atoms with Crippen molar-refractivity contribution in [2.75, 3.05) is 31.6 Å². The lowest BCUT2D eigenvalue weighted by Crippen LogP contribution is -2.28. The Morgan fingerprint density at radius 3 is 2.57 bits per heavy atom. The summed E-state index contributed by atoms with van der Waals surface area (Å²) < 4.78 is 1.73. The van der Waals surface area contributed by atoms with Gasteiger partial charge in [-0.15, -0.1) is 0 Å². The molecule has 0 aliphatic heterocycles. The lowest BCUT2D eigenvalue weighted by atomic mass is 10.3. The van der Waals surface area contributed by atoms with E-state index in [1.807, 2.05) is 18.3 Å². The van der Waals surface area contributed by atoms with Gasteiger partial charge in [0.05, 0.1) is 0 Å². The van der Waals surface area contributed by atoms with Crippen LogP contribution in [-0.4, -0.2) is 31.2 Å². The minimum absolute atomic E-state index is 0.0584. The molecule has 1 aromatic heterocycles. The highest BCUT2D eigenvalue weighted by Gasteiger charge is 1.99. The van der Waals surface area contributed by atoms with Crippen molar-refractivity contribution >= 4 is 5.69 Å². The molecular weight excluding hydrogens is 262 g/mol. The molecule has 4 heteroatoms. The molecule has 0 bridgehead atoms. The molecule has 0 aliphatic carbocycles. The van der Waals surface area contributed by atoms with Crippen LogP contribution in [0.1, 0.15) is 6.42 Å². The number of anilines is 1. The Balaban J connectivity index is 1.60. The second kappa shape index (κ2) is 8.27. The molecule has 0 amide bonds. The van der Waals surface area contributed by atoms with Gasteiger partial charge in [-0.25, -0.2) is 0 Å². The molecule has 0 fully saturated rings. The molecule has 0 unspecified atom stereocenters. The second-order valence-electron chi connectivity index (χ2n) is 5.09. The van der Waals surface area contributed by atoms with Crippen molar-refractivity contribution in [3.63, 3.8) is 0 Å². The van der Waals surface area contributed by atoms with Gasteiger partial charge in [-0.2, -0.15) is 0 Å². The average Bonchev–Trinajstić information content (AvgIpc) is 2.53. The van der Waals surface area contributed by atoms with Crippen LogP contribution in [0.25, 0.3) is 0 Å². The summed E-state index contributed by atoms with van der Waals surface area (Å²) in [5.41, 5.74) is 1.30. The zero-order valence-electron chi connectivity index (χ0n) is 12.5. The quantitative estimate of drug-likeness (QED) is 0.753. The van der Waals surface area contributed by atoms with Crippen molar-refractivity contribution in [2.24, 2.45) is 0 Å². The molecule has 2 aromatic rings. The summed E-state index contributed by atoms with van der Waals surface area (Å²) in [6.07, 6.45) is 2.91. The first-order valence-electron chi connectivity index (χ1n) is 7.40. The minimum Gasteiger partial charge on any atom is -0.375 e. The number of rotatable bonds is 8. The fourth-order valence-electron chi connectivity index (χ4n) is 2.22. The van der Waals surface area contributed by atoms with Crippen LogP contribution >= 0.6 is 0 Å². The number of nitrogens with zero attached hydrogens (tertiary/aromatic N) is 2. The van der Waals surface area contributed by atoms with Crippen LogP contribution in [0.5, 0.6) is 0 Å². The first-order valence-corrected chi connectivity index (χ1v) is 7.40. The summed E-state index contributed by atoms with van der Waals surface area (Å²) in [6.45, 7) is 3.51. The van der Waals surface area contributed by atoms with E-state index in [1.165, 1.54) is 5.69 Å². The number of aromatic nitrogens is 1. The first-order chi connectivity index (χ1) is 10.3. The summed E-state index contributed by atoms with van der Waals surface area (Å²) in [7, 11) is 2.11. The molecule has 0 radical (unpaired) electrons. The maximum Gasteiger partial charge on any atom is 0.250 e. The predicted molar refractivity (Wildman–Crippen MR) is 87.9 cm³/mol. The Morgan fingerprint density at radius 1 is 1.05 bits per heavy atom. The third kappa shape index (κ3) is 5.08. The number of para-hydroxylation sites is 1. The predicted octanol–water partition coefficient (Wildman–Crippen LogP) is 1.96. The summed E-state index contributed by atoms with van der Waals surface area (Å²) in [5, 5.41) is 3.38. The normalized spacial score (nSPS) is 10.5. The summed E-state index contributed by atoms with van der Waals surface area (Å²) in [6, 6.07) is 15.6. The minimum atomic E-state index is 0.0584. The highest BCUT2D eigenvalue weighted by Crippen LogP contribution is 2.10. The van der Waals surface area contributed by atoms with Crippen LogP contribution in [0.15, 0.2) is 59.5 Å². The van der Waals surface area contributed by atoms with E-state index >= 15 is 0 Å². The fraction of sp³-hybridized carbons (Fsp3) is 0.353. The molecule has 1 heterocycles. The number of benzene rings is 1. The van der Waals surface area contributed by atoms with E-state index in [-0.39, 0.29) is 5.56 Å². The SMILES string of the molecule is CN(CCCNCCn1ccccc1=O)c1ccccc1. The van der Waals surface area contributed by atoms with E-state index in [2.05, 4.69) is 41.5 Å². The number of hydrogen-bond acceptors (Lipinski definition) is 3. The number of nitrogens with one attached hydrogen (secondary N) is 1. The van der Waals surface area contributed by atoms with Crippen LogP contribution in [0, 0.1) is 0 Å². The van der Waals surface area contributed by atoms with Crippen molar-refractivity contribution in [2.45, 2.75) is 13.0 Å². The molecule has 2 rings (SSSR count). The second-order valence-corrected chi connectivity index (χ2v) is 5.09. The monoisotopic (exact) mass is 285 g/mol. The molecule has 1 aromatic carbocycles. The smallest absolute Gasteiger partial charge is 0.250 e. The van der Waals surface area contributed by atoms with Crippen molar-refractivity contribution in [3.05, 3.63) is 65.1 Å². The van der Waals surface area contributed by atoms with Crippen molar-refractivity contribution in [1.29, 1.82) is 0 Å². The van der Waals surface area contributed by atoms with E-state index in [4.69, 9.17) is 0 Å². The highest BCUT2D eigenvalue weighted by atomic mass is 16.1. The molecule has 0 atom stereocenters. The Kier molecular flexibility index (Phi) is 6.03. The van der Waals surface area contributed by atoms with E-state index in [0.717, 1.165) is 26.1 Å². The van der Waals surface area contributed by atoms with Gasteiger partial charge in [0.2, 0.25) is 0 Å². The maximum atomic E-state index is 11.5. The van der Waals surface area contributed by atoms with Crippen LogP contribution in [-0.2, 0) is 6.54 Å². The lowest BCUT2D eigenvalue weighted by Gasteiger charge is -2.19. The van der Waals surface area contributed by atoms with Gasteiger partial charge in [0, 0.05) is 44.6 Å². The van der Waals surface area contributed by atoms with Crippen LogP contribution in [0.3, 0.4) is 0 Å². The Morgan fingerprint density at radius 2 is 1.81 bits per heavy atom. The molecular formula is C17H23N3O. The third-order valence-electron chi connectivity index (χ3n) is 3.47. The largest absolute Gasteiger partial charge is 0.375 e. The Hall–Kier alpha value is -2.07. The topological polar surface area (TPSA) is 37.3 Å². The average molecular weight is 285 g/mol. The highest BCUT2D eigenvalue weighted by molar-refractivity contribution is 5.44. The zero-order chi connectivity index (χ0) is 14.9. The van der Waals surface area contributed by atoms with Gasteiger partial charge in [0.1, 0.15) is 0 Å². The van der Waals surface area contributed by atoms with Crippen molar-refractivity contribution < 1.29 is 0 Å².